The normalized spacial score (nSPS) is 18.7. The summed E-state index contributed by atoms with van der Waals surface area (Å²) in [6.45, 7) is 7.58. The van der Waals surface area contributed by atoms with Crippen molar-refractivity contribution in [3.05, 3.63) is 23.0 Å². The van der Waals surface area contributed by atoms with Gasteiger partial charge in [-0.3, -0.25) is 5.32 Å². The molecule has 2 unspecified atom stereocenters. The molecule has 0 saturated carbocycles. The standard InChI is InChI=1S/C22H40N6O3/c1-7-10-17(11-16(8-2)15-31-21(26-23)14-27(4)5)18-13-28(6)20(12-19(18)29)25-22(30)24-9-3/h11,13,17,20H,7-10,12,14-15,23H2,1-6H3,(H2,24,25,30)/p+1. The van der Waals surface area contributed by atoms with E-state index in [4.69, 9.17) is 10.6 Å². The number of rotatable bonds is 11. The van der Waals surface area contributed by atoms with Crippen molar-refractivity contribution in [3.63, 3.8) is 0 Å². The van der Waals surface area contributed by atoms with Crippen molar-refractivity contribution in [2.45, 2.75) is 52.6 Å². The average molecular weight is 438 g/mol. The van der Waals surface area contributed by atoms with Crippen LogP contribution in [0.3, 0.4) is 0 Å². The zero-order valence-corrected chi connectivity index (χ0v) is 19.9. The monoisotopic (exact) mass is 437 g/mol. The van der Waals surface area contributed by atoms with Gasteiger partial charge in [-0.25, -0.2) is 9.37 Å². The number of nitrogens with two attached hydrogens (primary N) is 1. The fraction of sp³-hybridized carbons (Fsp3) is 0.682. The van der Waals surface area contributed by atoms with E-state index in [1.807, 2.05) is 43.8 Å². The van der Waals surface area contributed by atoms with Crippen molar-refractivity contribution in [1.29, 1.82) is 0 Å². The van der Waals surface area contributed by atoms with Gasteiger partial charge in [0, 0.05) is 12.5 Å². The maximum absolute atomic E-state index is 11.9. The molecule has 1 aliphatic rings. The summed E-state index contributed by atoms with van der Waals surface area (Å²) >= 11 is 0. The van der Waals surface area contributed by atoms with E-state index in [2.05, 4.69) is 35.7 Å². The number of amides is 2. The first-order valence-electron chi connectivity index (χ1n) is 11.0. The van der Waals surface area contributed by atoms with Crippen molar-refractivity contribution in [2.75, 3.05) is 40.8 Å². The van der Waals surface area contributed by atoms with Crippen LogP contribution in [0.2, 0.25) is 0 Å². The topological polar surface area (TPSA) is 115 Å². The zero-order valence-electron chi connectivity index (χ0n) is 19.9. The minimum atomic E-state index is -0.287. The Labute approximate surface area is 186 Å². The minimum Gasteiger partial charge on any atom is -0.511 e. The maximum atomic E-state index is 11.9. The quantitative estimate of drug-likeness (QED) is 0.0987. The molecule has 0 aromatic rings. The van der Waals surface area contributed by atoms with Crippen molar-refractivity contribution >= 4 is 18.1 Å². The highest BCUT2D eigenvalue weighted by Gasteiger charge is 2.30. The van der Waals surface area contributed by atoms with Crippen molar-refractivity contribution < 1.29 is 19.2 Å². The fourth-order valence-corrected chi connectivity index (χ4v) is 3.42. The van der Waals surface area contributed by atoms with Gasteiger partial charge in [-0.2, -0.15) is 0 Å². The molecule has 1 aliphatic heterocycles. The van der Waals surface area contributed by atoms with Gasteiger partial charge in [0.2, 0.25) is 12.1 Å². The number of hydrogen-bond acceptors (Lipinski definition) is 6. The zero-order chi connectivity index (χ0) is 23.4. The van der Waals surface area contributed by atoms with Crippen LogP contribution in [0.4, 0.5) is 4.79 Å². The summed E-state index contributed by atoms with van der Waals surface area (Å²) in [5.41, 5.74) is 2.00. The van der Waals surface area contributed by atoms with Gasteiger partial charge in [0.15, 0.2) is 6.21 Å². The molecular weight excluding hydrogens is 396 g/mol. The largest absolute Gasteiger partial charge is 0.511 e. The second-order valence-corrected chi connectivity index (χ2v) is 8.04. The van der Waals surface area contributed by atoms with E-state index in [-0.39, 0.29) is 18.1 Å². The van der Waals surface area contributed by atoms with Crippen molar-refractivity contribution in [2.24, 2.45) is 16.9 Å². The number of aliphatic hydroxyl groups excluding tert-OH is 1. The number of likely N-dealkylation sites (N-methyl/N-ethyl adjacent to an activating group) is 1. The lowest BCUT2D eigenvalue weighted by atomic mass is 9.89. The Morgan fingerprint density at radius 3 is 2.71 bits per heavy atom. The molecule has 1 rings (SSSR count). The van der Waals surface area contributed by atoms with Crippen LogP contribution < -0.4 is 16.5 Å². The second-order valence-electron chi connectivity index (χ2n) is 8.04. The first-order valence-corrected chi connectivity index (χ1v) is 11.0. The Morgan fingerprint density at radius 1 is 1.45 bits per heavy atom. The lowest BCUT2D eigenvalue weighted by Gasteiger charge is -2.24. The van der Waals surface area contributed by atoms with Gasteiger partial charge in [0.25, 0.3) is 0 Å². The summed E-state index contributed by atoms with van der Waals surface area (Å²) in [4.78, 5) is 13.8. The van der Waals surface area contributed by atoms with Crippen LogP contribution in [-0.4, -0.2) is 79.7 Å². The smallest absolute Gasteiger partial charge is 0.319 e. The molecule has 0 aromatic heterocycles. The molecule has 5 N–H and O–H groups in total. The number of aliphatic hydroxyl groups is 1. The van der Waals surface area contributed by atoms with E-state index in [1.54, 1.807) is 0 Å². The Morgan fingerprint density at radius 2 is 2.16 bits per heavy atom. The number of hydrazone groups is 1. The SMILES string of the molecule is CCCC(C=C(CC)COC(CN(C)C)=NN)C1=C(O)CC(NC(=O)NCC)[N+](C)=C1. The van der Waals surface area contributed by atoms with Crippen LogP contribution >= 0.6 is 0 Å². The lowest BCUT2D eigenvalue weighted by molar-refractivity contribution is -0.539. The lowest BCUT2D eigenvalue weighted by Crippen LogP contribution is -2.48. The number of hydrogen-bond donors (Lipinski definition) is 4. The number of allylic oxidation sites excluding steroid dienone is 2. The van der Waals surface area contributed by atoms with Gasteiger partial charge >= 0.3 is 6.03 Å². The highest BCUT2D eigenvalue weighted by molar-refractivity contribution is 5.79. The number of nitrogens with one attached hydrogen (secondary N) is 2. The van der Waals surface area contributed by atoms with Crippen molar-refractivity contribution in [1.82, 2.24) is 15.5 Å². The first kappa shape index (κ1) is 26.5. The molecule has 0 radical (unpaired) electrons. The van der Waals surface area contributed by atoms with Gasteiger partial charge in [-0.05, 0) is 39.4 Å². The Hall–Kier alpha value is -2.55. The van der Waals surface area contributed by atoms with E-state index in [0.29, 0.717) is 37.8 Å². The van der Waals surface area contributed by atoms with Gasteiger partial charge < -0.3 is 25.9 Å². The Kier molecular flexibility index (Phi) is 11.7. The average Bonchev–Trinajstić information content (AvgIpc) is 2.71. The molecular formula is C22H41N6O3+. The van der Waals surface area contributed by atoms with Gasteiger partial charge in [0.1, 0.15) is 19.4 Å². The summed E-state index contributed by atoms with van der Waals surface area (Å²) in [7, 11) is 5.77. The molecule has 0 fully saturated rings. The van der Waals surface area contributed by atoms with Gasteiger partial charge in [-0.15, -0.1) is 5.10 Å². The highest BCUT2D eigenvalue weighted by Crippen LogP contribution is 2.26. The number of carbonyl (C=O) groups is 1. The molecule has 9 nitrogen and oxygen atoms in total. The number of carbonyl (C=O) groups excluding carboxylic acids is 1. The molecule has 2 amide bonds. The molecule has 9 heteroatoms. The van der Waals surface area contributed by atoms with Crippen LogP contribution in [0.15, 0.2) is 28.1 Å². The van der Waals surface area contributed by atoms with E-state index < -0.39 is 0 Å². The number of ether oxygens (including phenoxy) is 1. The summed E-state index contributed by atoms with van der Waals surface area (Å²) in [5.74, 6) is 6.30. The predicted molar refractivity (Wildman–Crippen MR) is 125 cm³/mol. The van der Waals surface area contributed by atoms with Crippen LogP contribution in [0.1, 0.15) is 46.5 Å². The third-order valence-corrected chi connectivity index (χ3v) is 5.10. The molecule has 2 atom stereocenters. The second kappa shape index (κ2) is 13.7. The van der Waals surface area contributed by atoms with E-state index in [1.165, 1.54) is 0 Å². The van der Waals surface area contributed by atoms with E-state index in [9.17, 15) is 9.90 Å². The Balaban J connectivity index is 2.99. The third-order valence-electron chi connectivity index (χ3n) is 5.10. The maximum Gasteiger partial charge on any atom is 0.319 e. The van der Waals surface area contributed by atoms with Crippen LogP contribution in [0, 0.1) is 5.92 Å². The fourth-order valence-electron chi connectivity index (χ4n) is 3.42. The summed E-state index contributed by atoms with van der Waals surface area (Å²) in [6, 6.07) is -0.241. The summed E-state index contributed by atoms with van der Waals surface area (Å²) in [5, 5.41) is 20.1. The molecule has 0 spiro atoms. The van der Waals surface area contributed by atoms with E-state index >= 15 is 0 Å². The highest BCUT2D eigenvalue weighted by atomic mass is 16.5. The summed E-state index contributed by atoms with van der Waals surface area (Å²) < 4.78 is 7.76. The molecule has 0 saturated heterocycles. The first-order chi connectivity index (χ1) is 14.7. The molecule has 31 heavy (non-hydrogen) atoms. The van der Waals surface area contributed by atoms with Crippen LogP contribution in [0.25, 0.3) is 0 Å². The van der Waals surface area contributed by atoms with Gasteiger partial charge in [-0.1, -0.05) is 26.3 Å². The number of urea groups is 1. The van der Waals surface area contributed by atoms with E-state index in [0.717, 1.165) is 30.4 Å². The number of nitrogens with zero attached hydrogens (tertiary/aromatic N) is 3. The molecule has 176 valence electrons. The molecule has 0 bridgehead atoms. The third kappa shape index (κ3) is 9.00. The van der Waals surface area contributed by atoms with Gasteiger partial charge in [0.05, 0.1) is 18.5 Å². The van der Waals surface area contributed by atoms with Crippen LogP contribution in [0.5, 0.6) is 0 Å². The van der Waals surface area contributed by atoms with Crippen molar-refractivity contribution in [3.8, 4) is 0 Å². The minimum absolute atomic E-state index is 0.0588. The van der Waals surface area contributed by atoms with Crippen LogP contribution in [-0.2, 0) is 4.74 Å². The molecule has 1 heterocycles. The predicted octanol–water partition coefficient (Wildman–Crippen LogP) is 2.16. The molecule has 0 aromatic carbocycles. The molecule has 0 aliphatic carbocycles. The summed E-state index contributed by atoms with van der Waals surface area (Å²) in [6.07, 6.45) is 6.88. The Bertz CT molecular complexity index is 712.